The molecule has 2 aliphatic heterocycles. The Morgan fingerprint density at radius 3 is 1.98 bits per heavy atom. The van der Waals surface area contributed by atoms with E-state index in [1.54, 1.807) is 30.6 Å². The zero-order chi connectivity index (χ0) is 36.9. The van der Waals surface area contributed by atoms with Crippen LogP contribution in [0, 0.1) is 5.92 Å². The van der Waals surface area contributed by atoms with Gasteiger partial charge in [-0.05, 0) is 88.3 Å². The van der Waals surface area contributed by atoms with Crippen LogP contribution in [-0.2, 0) is 25.7 Å². The van der Waals surface area contributed by atoms with E-state index in [0.29, 0.717) is 38.5 Å². The minimum Gasteiger partial charge on any atom is -0.445 e. The van der Waals surface area contributed by atoms with Crippen LogP contribution in [0.2, 0.25) is 0 Å². The minimum atomic E-state index is -1.01. The van der Waals surface area contributed by atoms with E-state index in [1.165, 1.54) is 0 Å². The maximum atomic E-state index is 14.7. The molecule has 5 rings (SSSR count). The van der Waals surface area contributed by atoms with Crippen LogP contribution in [0.1, 0.15) is 88.3 Å². The number of hydrogen-bond donors (Lipinski definition) is 2. The fourth-order valence-corrected chi connectivity index (χ4v) is 7.20. The van der Waals surface area contributed by atoms with Gasteiger partial charge in [0.1, 0.15) is 24.3 Å². The summed E-state index contributed by atoms with van der Waals surface area (Å²) in [5.74, 6) is -0.519. The van der Waals surface area contributed by atoms with Crippen molar-refractivity contribution < 1.29 is 28.7 Å². The number of ether oxygens (including phenoxy) is 2. The van der Waals surface area contributed by atoms with Gasteiger partial charge in [0.25, 0.3) is 0 Å². The number of hydrogen-bond acceptors (Lipinski definition) is 6. The average molecular weight is 711 g/mol. The van der Waals surface area contributed by atoms with Gasteiger partial charge in [0.2, 0.25) is 11.8 Å². The molecule has 2 atom stereocenters. The Balaban J connectivity index is 1.18. The predicted octanol–water partition coefficient (Wildman–Crippen LogP) is 7.04. The third-order valence-corrected chi connectivity index (χ3v) is 9.84. The molecule has 4 amide bonds. The predicted molar refractivity (Wildman–Crippen MR) is 200 cm³/mol. The van der Waals surface area contributed by atoms with Crippen LogP contribution >= 0.6 is 0 Å². The molecule has 2 aliphatic rings. The zero-order valence-corrected chi connectivity index (χ0v) is 30.8. The van der Waals surface area contributed by atoms with Crippen LogP contribution in [0.15, 0.2) is 91.0 Å². The van der Waals surface area contributed by atoms with Crippen molar-refractivity contribution in [1.29, 1.82) is 0 Å². The standard InChI is InChI=1S/C42H54N4O6/c1-42(2,3)52-40(49)44-37(36(33-19-9-5-10-20-33)34-21-11-6-12-22-34)39(48)46-27-14-13-23-35(46)38(47)43-26-15-18-31-24-28-45(29-25-31)41(50)51-30-32-16-7-4-8-17-32/h4-12,16-17,19-22,31,35-37H,13-15,18,23-30H2,1-3H3,(H,43,47)(H,44,49)/t35-,37+/m0/s1. The summed E-state index contributed by atoms with van der Waals surface area (Å²) in [4.78, 5) is 57.7. The van der Waals surface area contributed by atoms with Crippen LogP contribution < -0.4 is 10.6 Å². The number of benzene rings is 3. The van der Waals surface area contributed by atoms with Gasteiger partial charge in [-0.25, -0.2) is 9.59 Å². The Morgan fingerprint density at radius 1 is 0.788 bits per heavy atom. The van der Waals surface area contributed by atoms with Gasteiger partial charge in [-0.15, -0.1) is 0 Å². The van der Waals surface area contributed by atoms with Crippen molar-refractivity contribution in [3.8, 4) is 0 Å². The number of alkyl carbamates (subject to hydrolysis) is 1. The lowest BCUT2D eigenvalue weighted by atomic mass is 9.83. The van der Waals surface area contributed by atoms with Crippen molar-refractivity contribution in [2.75, 3.05) is 26.2 Å². The number of piperidine rings is 2. The van der Waals surface area contributed by atoms with Crippen molar-refractivity contribution >= 4 is 24.0 Å². The second-order valence-corrected chi connectivity index (χ2v) is 14.9. The van der Waals surface area contributed by atoms with Crippen LogP contribution in [-0.4, -0.2) is 77.7 Å². The molecule has 10 heteroatoms. The van der Waals surface area contributed by atoms with Gasteiger partial charge < -0.3 is 29.9 Å². The molecule has 0 spiro atoms. The van der Waals surface area contributed by atoms with E-state index in [0.717, 1.165) is 55.2 Å². The summed E-state index contributed by atoms with van der Waals surface area (Å²) in [7, 11) is 0. The number of nitrogens with zero attached hydrogens (tertiary/aromatic N) is 2. The Kier molecular flexibility index (Phi) is 13.7. The lowest BCUT2D eigenvalue weighted by Crippen LogP contribution is -2.59. The lowest BCUT2D eigenvalue weighted by Gasteiger charge is -2.39. The van der Waals surface area contributed by atoms with Gasteiger partial charge in [0.05, 0.1) is 0 Å². The fraction of sp³-hybridized carbons (Fsp3) is 0.476. The van der Waals surface area contributed by atoms with Gasteiger partial charge in [0.15, 0.2) is 0 Å². The molecule has 10 nitrogen and oxygen atoms in total. The molecular weight excluding hydrogens is 656 g/mol. The van der Waals surface area contributed by atoms with Crippen LogP contribution in [0.3, 0.4) is 0 Å². The highest BCUT2D eigenvalue weighted by Gasteiger charge is 2.41. The molecule has 3 aromatic carbocycles. The van der Waals surface area contributed by atoms with Gasteiger partial charge in [-0.2, -0.15) is 0 Å². The molecule has 0 saturated carbocycles. The molecule has 0 unspecified atom stereocenters. The summed E-state index contributed by atoms with van der Waals surface area (Å²) < 4.78 is 11.1. The van der Waals surface area contributed by atoms with Crippen LogP contribution in [0.5, 0.6) is 0 Å². The molecule has 2 saturated heterocycles. The zero-order valence-electron chi connectivity index (χ0n) is 30.8. The number of rotatable bonds is 12. The van der Waals surface area contributed by atoms with Gasteiger partial charge in [-0.1, -0.05) is 91.0 Å². The smallest absolute Gasteiger partial charge is 0.410 e. The van der Waals surface area contributed by atoms with E-state index in [4.69, 9.17) is 9.47 Å². The van der Waals surface area contributed by atoms with Crippen molar-refractivity contribution in [2.45, 2.75) is 95.9 Å². The van der Waals surface area contributed by atoms with Gasteiger partial charge in [-0.3, -0.25) is 9.59 Å². The molecular formula is C42H54N4O6. The van der Waals surface area contributed by atoms with E-state index < -0.39 is 29.7 Å². The fourth-order valence-electron chi connectivity index (χ4n) is 7.20. The maximum absolute atomic E-state index is 14.7. The number of carbonyl (C=O) groups is 4. The molecule has 278 valence electrons. The maximum Gasteiger partial charge on any atom is 0.410 e. The molecule has 0 aliphatic carbocycles. The van der Waals surface area contributed by atoms with Crippen molar-refractivity contribution in [3.63, 3.8) is 0 Å². The number of amides is 4. The average Bonchev–Trinajstić information content (AvgIpc) is 3.15. The molecule has 0 aromatic heterocycles. The number of nitrogens with one attached hydrogen (secondary N) is 2. The van der Waals surface area contributed by atoms with Crippen LogP contribution in [0.4, 0.5) is 9.59 Å². The van der Waals surface area contributed by atoms with Gasteiger partial charge in [0, 0.05) is 32.1 Å². The molecule has 0 radical (unpaired) electrons. The summed E-state index contributed by atoms with van der Waals surface area (Å²) in [6.07, 6.45) is 4.75. The normalized spacial score (nSPS) is 17.3. The number of likely N-dealkylation sites (tertiary alicyclic amines) is 2. The van der Waals surface area contributed by atoms with E-state index in [9.17, 15) is 19.2 Å². The first-order chi connectivity index (χ1) is 25.1. The van der Waals surface area contributed by atoms with Crippen molar-refractivity contribution in [3.05, 3.63) is 108 Å². The molecule has 2 heterocycles. The van der Waals surface area contributed by atoms with E-state index in [1.807, 2.05) is 91.0 Å². The summed E-state index contributed by atoms with van der Waals surface area (Å²) in [5.41, 5.74) is 1.95. The largest absolute Gasteiger partial charge is 0.445 e. The minimum absolute atomic E-state index is 0.170. The van der Waals surface area contributed by atoms with E-state index in [-0.39, 0.29) is 24.5 Å². The second-order valence-electron chi connectivity index (χ2n) is 14.9. The quantitative estimate of drug-likeness (QED) is 0.195. The first kappa shape index (κ1) is 38.4. The third kappa shape index (κ3) is 11.1. The van der Waals surface area contributed by atoms with Crippen LogP contribution in [0.25, 0.3) is 0 Å². The summed E-state index contributed by atoms with van der Waals surface area (Å²) in [6, 6.07) is 27.4. The third-order valence-electron chi connectivity index (χ3n) is 9.84. The van der Waals surface area contributed by atoms with Crippen molar-refractivity contribution in [2.24, 2.45) is 5.92 Å². The summed E-state index contributed by atoms with van der Waals surface area (Å²) >= 11 is 0. The monoisotopic (exact) mass is 710 g/mol. The SMILES string of the molecule is CC(C)(C)OC(=O)N[C@@H](C(=O)N1CCCC[C@H]1C(=O)NCCCC1CCN(C(=O)OCc2ccccc2)CC1)C(c1ccccc1)c1ccccc1. The highest BCUT2D eigenvalue weighted by molar-refractivity contribution is 5.92. The van der Waals surface area contributed by atoms with Crippen molar-refractivity contribution in [1.82, 2.24) is 20.4 Å². The molecule has 52 heavy (non-hydrogen) atoms. The Labute approximate surface area is 308 Å². The summed E-state index contributed by atoms with van der Waals surface area (Å²) in [5, 5.41) is 6.03. The molecule has 2 fully saturated rings. The Morgan fingerprint density at radius 2 is 1.38 bits per heavy atom. The number of carbonyl (C=O) groups excluding carboxylic acids is 4. The first-order valence-electron chi connectivity index (χ1n) is 18.7. The van der Waals surface area contributed by atoms with E-state index >= 15 is 0 Å². The molecule has 2 N–H and O–H groups in total. The van der Waals surface area contributed by atoms with Gasteiger partial charge >= 0.3 is 12.2 Å². The Bertz CT molecular complexity index is 1550. The first-order valence-corrected chi connectivity index (χ1v) is 18.7. The summed E-state index contributed by atoms with van der Waals surface area (Å²) in [6.45, 7) is 7.88. The Hall–Kier alpha value is -4.86. The van der Waals surface area contributed by atoms with E-state index in [2.05, 4.69) is 10.6 Å². The molecule has 3 aromatic rings. The topological polar surface area (TPSA) is 117 Å². The highest BCUT2D eigenvalue weighted by atomic mass is 16.6. The second kappa shape index (κ2) is 18.6. The lowest BCUT2D eigenvalue weighted by molar-refractivity contribution is -0.144. The molecule has 0 bridgehead atoms. The highest BCUT2D eigenvalue weighted by Crippen LogP contribution is 2.31.